The Morgan fingerprint density at radius 1 is 1.13 bits per heavy atom. The van der Waals surface area contributed by atoms with E-state index in [4.69, 9.17) is 14.2 Å². The third-order valence-electron chi connectivity index (χ3n) is 4.88. The molecule has 10 nitrogen and oxygen atoms in total. The summed E-state index contributed by atoms with van der Waals surface area (Å²) in [5, 5.41) is 7.50. The van der Waals surface area contributed by atoms with Gasteiger partial charge in [-0.15, -0.1) is 0 Å². The quantitative estimate of drug-likeness (QED) is 0.111. The molecule has 31 heavy (non-hydrogen) atoms. The fourth-order valence-electron chi connectivity index (χ4n) is 2.86. The van der Waals surface area contributed by atoms with Crippen molar-refractivity contribution in [2.24, 2.45) is 5.41 Å². The van der Waals surface area contributed by atoms with Gasteiger partial charge >= 0.3 is 47.5 Å². The molecule has 0 aromatic heterocycles. The molecule has 0 aliphatic carbocycles. The standard InChI is InChI=1S/C19H32O10S.Na/c1-2-3-4-5-6-7-8-9-16(21)27-12-19(11-20)13-28-17(22)10-15(30(24,25)26)18(23)29-14-19;/h15,20H,2-14H2,1H3,(H,24,25,26);/q;+1/p-1. The monoisotopic (exact) mass is 474 g/mol. The first-order chi connectivity index (χ1) is 14.1. The van der Waals surface area contributed by atoms with Crippen molar-refractivity contribution < 1.29 is 76.2 Å². The summed E-state index contributed by atoms with van der Waals surface area (Å²) in [6.07, 6.45) is 6.44. The van der Waals surface area contributed by atoms with Gasteiger partial charge < -0.3 is 23.9 Å². The number of hydrogen-bond acceptors (Lipinski definition) is 10. The molecule has 0 amide bonds. The number of unbranched alkanes of at least 4 members (excludes halogenated alkanes) is 6. The number of hydrogen-bond donors (Lipinski definition) is 1. The van der Waals surface area contributed by atoms with Crippen LogP contribution in [0.2, 0.25) is 0 Å². The number of carbonyl (C=O) groups excluding carboxylic acids is 3. The maximum absolute atomic E-state index is 12.0. The maximum atomic E-state index is 12.0. The van der Waals surface area contributed by atoms with Gasteiger partial charge in [0.2, 0.25) is 0 Å². The molecule has 1 rings (SSSR count). The zero-order valence-electron chi connectivity index (χ0n) is 18.3. The Labute approximate surface area is 205 Å². The van der Waals surface area contributed by atoms with Gasteiger partial charge in [0.25, 0.3) is 0 Å². The van der Waals surface area contributed by atoms with Crippen LogP contribution >= 0.6 is 0 Å². The second-order valence-corrected chi connectivity index (χ2v) is 9.20. The van der Waals surface area contributed by atoms with Crippen LogP contribution in [0, 0.1) is 5.41 Å². The Bertz CT molecular complexity index is 681. The van der Waals surface area contributed by atoms with Crippen molar-refractivity contribution in [3.63, 3.8) is 0 Å². The van der Waals surface area contributed by atoms with Gasteiger partial charge in [-0.2, -0.15) is 0 Å². The summed E-state index contributed by atoms with van der Waals surface area (Å²) in [6.45, 7) is 0.0401. The first kappa shape index (κ1) is 30.3. The molecule has 1 heterocycles. The Morgan fingerprint density at radius 3 is 2.29 bits per heavy atom. The SMILES string of the molecule is CCCCCCCCCC(=O)OCC1(CO)COC(=O)CC(S(=O)(=O)[O-])C(=O)OC1.[Na+]. The molecule has 0 aromatic carbocycles. The molecule has 1 aliphatic rings. The topological polar surface area (TPSA) is 156 Å². The van der Waals surface area contributed by atoms with Crippen LogP contribution in [0.4, 0.5) is 0 Å². The van der Waals surface area contributed by atoms with Gasteiger partial charge in [-0.3, -0.25) is 14.4 Å². The Hall–Kier alpha value is -0.720. The molecule has 0 saturated carbocycles. The predicted molar refractivity (Wildman–Crippen MR) is 103 cm³/mol. The summed E-state index contributed by atoms with van der Waals surface area (Å²) in [5.74, 6) is -3.02. The van der Waals surface area contributed by atoms with Crippen LogP contribution in [-0.2, 0) is 38.7 Å². The number of rotatable bonds is 12. The van der Waals surface area contributed by atoms with Crippen LogP contribution in [0.15, 0.2) is 0 Å². The van der Waals surface area contributed by atoms with Crippen molar-refractivity contribution in [2.45, 2.75) is 70.0 Å². The third kappa shape index (κ3) is 11.6. The number of cyclic esters (lactones) is 2. The number of carbonyl (C=O) groups is 3. The van der Waals surface area contributed by atoms with Crippen molar-refractivity contribution in [3.05, 3.63) is 0 Å². The van der Waals surface area contributed by atoms with Crippen molar-refractivity contribution in [3.8, 4) is 0 Å². The molecule has 2 unspecified atom stereocenters. The van der Waals surface area contributed by atoms with Crippen molar-refractivity contribution >= 4 is 28.0 Å². The van der Waals surface area contributed by atoms with E-state index in [1.165, 1.54) is 12.8 Å². The predicted octanol–water partition coefficient (Wildman–Crippen LogP) is -1.94. The molecular weight excluding hydrogens is 443 g/mol. The molecule has 1 saturated heterocycles. The summed E-state index contributed by atoms with van der Waals surface area (Å²) < 4.78 is 48.4. The normalized spacial score (nSPS) is 22.2. The molecule has 0 spiro atoms. The first-order valence-electron chi connectivity index (χ1n) is 10.2. The van der Waals surface area contributed by atoms with Crippen LogP contribution in [0.5, 0.6) is 0 Å². The van der Waals surface area contributed by atoms with E-state index in [-0.39, 0.29) is 36.0 Å². The smallest absolute Gasteiger partial charge is 0.747 e. The Morgan fingerprint density at radius 2 is 1.71 bits per heavy atom. The maximum Gasteiger partial charge on any atom is 1.00 e. The minimum absolute atomic E-state index is 0. The van der Waals surface area contributed by atoms with Gasteiger partial charge in [-0.25, -0.2) is 8.42 Å². The summed E-state index contributed by atoms with van der Waals surface area (Å²) in [6, 6.07) is 0. The molecule has 2 atom stereocenters. The zero-order valence-corrected chi connectivity index (χ0v) is 21.1. The van der Waals surface area contributed by atoms with E-state index in [1.54, 1.807) is 0 Å². The van der Waals surface area contributed by atoms with E-state index in [0.717, 1.165) is 25.7 Å². The Balaban J connectivity index is 0.00000900. The molecule has 1 fully saturated rings. The van der Waals surface area contributed by atoms with Crippen molar-refractivity contribution in [1.82, 2.24) is 0 Å². The van der Waals surface area contributed by atoms with Crippen LogP contribution in [0.1, 0.15) is 64.7 Å². The van der Waals surface area contributed by atoms with Gasteiger partial charge in [-0.1, -0.05) is 45.4 Å². The second-order valence-electron chi connectivity index (χ2n) is 7.64. The molecule has 0 bridgehead atoms. The minimum atomic E-state index is -5.13. The van der Waals surface area contributed by atoms with E-state index in [0.29, 0.717) is 6.42 Å². The second kappa shape index (κ2) is 15.2. The van der Waals surface area contributed by atoms with Crippen LogP contribution in [-0.4, -0.2) is 67.7 Å². The first-order valence-corrected chi connectivity index (χ1v) is 11.6. The van der Waals surface area contributed by atoms with E-state index >= 15 is 0 Å². The fourth-order valence-corrected chi connectivity index (χ4v) is 3.50. The molecule has 0 radical (unpaired) electrons. The summed E-state index contributed by atoms with van der Waals surface area (Å²) in [7, 11) is -5.13. The van der Waals surface area contributed by atoms with E-state index in [9.17, 15) is 32.5 Å². The van der Waals surface area contributed by atoms with Crippen molar-refractivity contribution in [1.29, 1.82) is 0 Å². The molecule has 1 N–H and O–H groups in total. The van der Waals surface area contributed by atoms with E-state index in [2.05, 4.69) is 6.92 Å². The van der Waals surface area contributed by atoms with Crippen molar-refractivity contribution in [2.75, 3.05) is 26.4 Å². The van der Waals surface area contributed by atoms with Gasteiger partial charge in [0.05, 0.1) is 18.4 Å². The molecule has 174 valence electrons. The van der Waals surface area contributed by atoms with Crippen LogP contribution in [0.25, 0.3) is 0 Å². The third-order valence-corrected chi connectivity index (χ3v) is 5.94. The number of esters is 3. The van der Waals surface area contributed by atoms with E-state index < -0.39 is 71.5 Å². The number of aliphatic hydroxyl groups is 1. The summed E-state index contributed by atoms with van der Waals surface area (Å²) in [5.41, 5.74) is -1.44. The van der Waals surface area contributed by atoms with Crippen LogP contribution in [0.3, 0.4) is 0 Å². The molecule has 12 heteroatoms. The molecule has 1 aliphatic heterocycles. The van der Waals surface area contributed by atoms with Gasteiger partial charge in [0.1, 0.15) is 29.9 Å². The Kier molecular flexibility index (Phi) is 14.8. The van der Waals surface area contributed by atoms with Crippen LogP contribution < -0.4 is 29.6 Å². The van der Waals surface area contributed by atoms with Gasteiger partial charge in [0, 0.05) is 6.42 Å². The van der Waals surface area contributed by atoms with Gasteiger partial charge in [0.15, 0.2) is 5.25 Å². The fraction of sp³-hybridized carbons (Fsp3) is 0.842. The number of aliphatic hydroxyl groups excluding tert-OH is 1. The van der Waals surface area contributed by atoms with Gasteiger partial charge in [-0.05, 0) is 6.42 Å². The average molecular weight is 475 g/mol. The largest absolute Gasteiger partial charge is 1.00 e. The zero-order chi connectivity index (χ0) is 22.6. The average Bonchev–Trinajstić information content (AvgIpc) is 2.75. The van der Waals surface area contributed by atoms with E-state index in [1.807, 2.05) is 0 Å². The summed E-state index contributed by atoms with van der Waals surface area (Å²) >= 11 is 0. The molecular formula is C19H31NaO10S. The summed E-state index contributed by atoms with van der Waals surface area (Å²) in [4.78, 5) is 35.7. The molecule has 0 aromatic rings. The number of ether oxygens (including phenoxy) is 3. The minimum Gasteiger partial charge on any atom is -0.747 e.